The Kier molecular flexibility index (Phi) is 2.63. The first-order chi connectivity index (χ1) is 8.00. The number of nitrogens with zero attached hydrogens (tertiary/aromatic N) is 3. The molecule has 1 aliphatic rings. The highest BCUT2D eigenvalue weighted by Gasteiger charge is 2.30. The largest absolute Gasteiger partial charge is 0.272 e. The molecule has 1 heterocycles. The van der Waals surface area contributed by atoms with Gasteiger partial charge in [0.15, 0.2) is 0 Å². The Morgan fingerprint density at radius 1 is 1.35 bits per heavy atom. The van der Waals surface area contributed by atoms with Crippen LogP contribution in [-0.4, -0.2) is 16.5 Å². The smallest absolute Gasteiger partial charge is 0.269 e. The lowest BCUT2D eigenvalue weighted by atomic mass is 10.1. The summed E-state index contributed by atoms with van der Waals surface area (Å²) < 4.78 is 0. The van der Waals surface area contributed by atoms with Crippen molar-refractivity contribution in [2.24, 2.45) is 11.0 Å². The number of carbonyl (C=O) groups is 1. The molecule has 0 radical (unpaired) electrons. The van der Waals surface area contributed by atoms with Gasteiger partial charge in [0, 0.05) is 17.8 Å². The highest BCUT2D eigenvalue weighted by molar-refractivity contribution is 6.14. The first kappa shape index (κ1) is 11.3. The van der Waals surface area contributed by atoms with E-state index in [-0.39, 0.29) is 17.5 Å². The molecule has 0 saturated carbocycles. The maximum Gasteiger partial charge on any atom is 0.269 e. The van der Waals surface area contributed by atoms with Gasteiger partial charge in [-0.15, -0.1) is 0 Å². The molecule has 0 aromatic heterocycles. The molecule has 1 aromatic carbocycles. The van der Waals surface area contributed by atoms with Gasteiger partial charge in [-0.05, 0) is 26.0 Å². The molecule has 6 heteroatoms. The molecule has 0 fully saturated rings. The Balaban J connectivity index is 2.30. The van der Waals surface area contributed by atoms with Crippen LogP contribution in [0.25, 0.3) is 0 Å². The van der Waals surface area contributed by atoms with Crippen LogP contribution in [0.2, 0.25) is 0 Å². The van der Waals surface area contributed by atoms with E-state index < -0.39 is 4.92 Å². The molecule has 88 valence electrons. The lowest BCUT2D eigenvalue weighted by Gasteiger charge is -2.12. The van der Waals surface area contributed by atoms with E-state index in [1.165, 1.54) is 29.3 Å². The summed E-state index contributed by atoms with van der Waals surface area (Å²) in [4.78, 5) is 21.8. The van der Waals surface area contributed by atoms with Crippen LogP contribution in [-0.2, 0) is 4.79 Å². The fourth-order valence-corrected chi connectivity index (χ4v) is 1.56. The van der Waals surface area contributed by atoms with E-state index in [9.17, 15) is 14.9 Å². The summed E-state index contributed by atoms with van der Waals surface area (Å²) in [6, 6.07) is 5.75. The van der Waals surface area contributed by atoms with E-state index >= 15 is 0 Å². The zero-order chi connectivity index (χ0) is 12.6. The van der Waals surface area contributed by atoms with Gasteiger partial charge >= 0.3 is 0 Å². The number of benzene rings is 1. The van der Waals surface area contributed by atoms with Gasteiger partial charge in [0.1, 0.15) is 0 Å². The van der Waals surface area contributed by atoms with Crippen molar-refractivity contribution in [2.75, 3.05) is 5.01 Å². The summed E-state index contributed by atoms with van der Waals surface area (Å²) in [6.07, 6.45) is 0. The molecule has 0 N–H and O–H groups in total. The fraction of sp³-hybridized carbons (Fsp3) is 0.273. The summed E-state index contributed by atoms with van der Waals surface area (Å²) >= 11 is 0. The molecule has 1 aliphatic heterocycles. The van der Waals surface area contributed by atoms with Gasteiger partial charge in [-0.25, -0.2) is 5.01 Å². The third-order valence-electron chi connectivity index (χ3n) is 2.77. The first-order valence-electron chi connectivity index (χ1n) is 5.14. The van der Waals surface area contributed by atoms with Crippen LogP contribution in [0.15, 0.2) is 29.4 Å². The number of hydrogen-bond acceptors (Lipinski definition) is 4. The number of anilines is 1. The van der Waals surface area contributed by atoms with E-state index in [0.29, 0.717) is 5.69 Å². The van der Waals surface area contributed by atoms with Crippen molar-refractivity contribution in [3.8, 4) is 0 Å². The highest BCUT2D eigenvalue weighted by Crippen LogP contribution is 2.25. The van der Waals surface area contributed by atoms with Gasteiger partial charge in [-0.3, -0.25) is 14.9 Å². The summed E-state index contributed by atoms with van der Waals surface area (Å²) in [5, 5.41) is 15.9. The number of rotatable bonds is 2. The number of carbonyl (C=O) groups excluding carboxylic acids is 1. The summed E-state index contributed by atoms with van der Waals surface area (Å²) in [5.74, 6) is -0.346. The third kappa shape index (κ3) is 1.89. The molecule has 0 saturated heterocycles. The summed E-state index contributed by atoms with van der Waals surface area (Å²) in [5.41, 5.74) is 1.28. The van der Waals surface area contributed by atoms with Gasteiger partial charge in [-0.2, -0.15) is 5.10 Å². The van der Waals surface area contributed by atoms with Crippen LogP contribution >= 0.6 is 0 Å². The normalized spacial score (nSPS) is 19.4. The quantitative estimate of drug-likeness (QED) is 0.578. The van der Waals surface area contributed by atoms with Crippen molar-refractivity contribution in [1.29, 1.82) is 0 Å². The number of non-ortho nitro benzene ring substituents is 1. The van der Waals surface area contributed by atoms with Gasteiger partial charge in [0.05, 0.1) is 16.5 Å². The van der Waals surface area contributed by atoms with E-state index in [0.717, 1.165) is 5.71 Å². The van der Waals surface area contributed by atoms with Gasteiger partial charge in [-0.1, -0.05) is 0 Å². The van der Waals surface area contributed by atoms with Crippen LogP contribution in [0.4, 0.5) is 11.4 Å². The third-order valence-corrected chi connectivity index (χ3v) is 2.77. The standard InChI is InChI=1S/C11H11N3O3/c1-7-8(2)12-13(11(7)15)9-3-5-10(6-4-9)14(16)17/h3-7H,1-2H3. The van der Waals surface area contributed by atoms with E-state index in [2.05, 4.69) is 5.10 Å². The van der Waals surface area contributed by atoms with E-state index in [1.54, 1.807) is 13.8 Å². The van der Waals surface area contributed by atoms with Gasteiger partial charge in [0.25, 0.3) is 11.6 Å². The van der Waals surface area contributed by atoms with E-state index in [4.69, 9.17) is 0 Å². The van der Waals surface area contributed by atoms with Crippen molar-refractivity contribution in [2.45, 2.75) is 13.8 Å². The zero-order valence-electron chi connectivity index (χ0n) is 9.45. The molecular weight excluding hydrogens is 222 g/mol. The number of nitro groups is 1. The Bertz CT molecular complexity index is 507. The average Bonchev–Trinajstić information content (AvgIpc) is 2.57. The summed E-state index contributed by atoms with van der Waals surface area (Å²) in [7, 11) is 0. The molecule has 17 heavy (non-hydrogen) atoms. The first-order valence-corrected chi connectivity index (χ1v) is 5.14. The van der Waals surface area contributed by atoms with Crippen LogP contribution in [0.3, 0.4) is 0 Å². The highest BCUT2D eigenvalue weighted by atomic mass is 16.6. The molecule has 6 nitrogen and oxygen atoms in total. The molecule has 1 atom stereocenters. The van der Waals surface area contributed by atoms with Crippen LogP contribution < -0.4 is 5.01 Å². The minimum Gasteiger partial charge on any atom is -0.272 e. The Hall–Kier alpha value is -2.24. The number of hydrazone groups is 1. The van der Waals surface area contributed by atoms with Crippen molar-refractivity contribution in [1.82, 2.24) is 0 Å². The predicted molar refractivity (Wildman–Crippen MR) is 62.9 cm³/mol. The minimum atomic E-state index is -0.479. The van der Waals surface area contributed by atoms with Gasteiger partial charge < -0.3 is 0 Å². The predicted octanol–water partition coefficient (Wildman–Crippen LogP) is 1.95. The second-order valence-electron chi connectivity index (χ2n) is 3.89. The lowest BCUT2D eigenvalue weighted by molar-refractivity contribution is -0.384. The monoisotopic (exact) mass is 233 g/mol. The van der Waals surface area contributed by atoms with Crippen LogP contribution in [0, 0.1) is 16.0 Å². The van der Waals surface area contributed by atoms with Crippen molar-refractivity contribution in [3.05, 3.63) is 34.4 Å². The maximum absolute atomic E-state index is 11.8. The van der Waals surface area contributed by atoms with Crippen molar-refractivity contribution >= 4 is 23.0 Å². The van der Waals surface area contributed by atoms with Crippen molar-refractivity contribution < 1.29 is 9.72 Å². The zero-order valence-corrected chi connectivity index (χ0v) is 9.45. The Morgan fingerprint density at radius 3 is 2.35 bits per heavy atom. The molecule has 1 aromatic rings. The van der Waals surface area contributed by atoms with Crippen molar-refractivity contribution in [3.63, 3.8) is 0 Å². The molecular formula is C11H11N3O3. The van der Waals surface area contributed by atoms with Crippen LogP contribution in [0.5, 0.6) is 0 Å². The summed E-state index contributed by atoms with van der Waals surface area (Å²) in [6.45, 7) is 3.57. The van der Waals surface area contributed by atoms with Crippen LogP contribution in [0.1, 0.15) is 13.8 Å². The molecule has 2 rings (SSSR count). The molecule has 0 spiro atoms. The fourth-order valence-electron chi connectivity index (χ4n) is 1.56. The average molecular weight is 233 g/mol. The number of nitro benzene ring substituents is 1. The lowest BCUT2D eigenvalue weighted by Crippen LogP contribution is -2.25. The molecule has 1 unspecified atom stereocenters. The second-order valence-corrected chi connectivity index (χ2v) is 3.89. The van der Waals surface area contributed by atoms with E-state index in [1.807, 2.05) is 0 Å². The number of hydrogen-bond donors (Lipinski definition) is 0. The molecule has 1 amide bonds. The maximum atomic E-state index is 11.8. The minimum absolute atomic E-state index is 0.00542. The molecule has 0 aliphatic carbocycles. The number of amides is 1. The molecule has 0 bridgehead atoms. The second kappa shape index (κ2) is 3.97. The SMILES string of the molecule is CC1=NN(c2ccc([N+](=O)[O-])cc2)C(=O)C1C. The Morgan fingerprint density at radius 2 is 1.94 bits per heavy atom. The van der Waals surface area contributed by atoms with Gasteiger partial charge in [0.2, 0.25) is 0 Å². The Labute approximate surface area is 97.7 Å². The topological polar surface area (TPSA) is 75.8 Å².